The first-order valence-electron chi connectivity index (χ1n) is 4.88. The third-order valence-corrected chi connectivity index (χ3v) is 2.05. The zero-order chi connectivity index (χ0) is 11.8. The molecule has 6 heteroatoms. The third-order valence-electron chi connectivity index (χ3n) is 2.05. The second-order valence-electron chi connectivity index (χ2n) is 3.25. The Kier molecular flexibility index (Phi) is 7.15. The molecule has 0 fully saturated rings. The molecule has 15 heavy (non-hydrogen) atoms. The van der Waals surface area contributed by atoms with E-state index >= 15 is 0 Å². The molecule has 0 aromatic heterocycles. The maximum absolute atomic E-state index is 12.2. The standard InChI is InChI=1S/C9H17F2NO3/c1-2-3-7(9(14)15)12(4-5-13)6-8(10)11/h7-8,13H,2-6H2,1H3,(H,14,15). The van der Waals surface area contributed by atoms with Gasteiger partial charge in [-0.3, -0.25) is 9.69 Å². The average Bonchev–Trinajstić information content (AvgIpc) is 2.12. The van der Waals surface area contributed by atoms with Crippen LogP contribution in [0, 0.1) is 0 Å². The number of aliphatic carboxylic acids is 1. The topological polar surface area (TPSA) is 60.8 Å². The Bertz CT molecular complexity index is 190. The number of carbonyl (C=O) groups is 1. The average molecular weight is 225 g/mol. The van der Waals surface area contributed by atoms with E-state index in [4.69, 9.17) is 10.2 Å². The summed E-state index contributed by atoms with van der Waals surface area (Å²) in [5.41, 5.74) is 0. The number of aliphatic hydroxyl groups excluding tert-OH is 1. The molecule has 0 aliphatic carbocycles. The lowest BCUT2D eigenvalue weighted by Crippen LogP contribution is -2.45. The van der Waals surface area contributed by atoms with Gasteiger partial charge in [-0.05, 0) is 6.42 Å². The molecule has 0 aliphatic rings. The highest BCUT2D eigenvalue weighted by molar-refractivity contribution is 5.73. The Morgan fingerprint density at radius 3 is 2.40 bits per heavy atom. The summed E-state index contributed by atoms with van der Waals surface area (Å²) < 4.78 is 24.3. The smallest absolute Gasteiger partial charge is 0.320 e. The van der Waals surface area contributed by atoms with Crippen LogP contribution in [0.2, 0.25) is 0 Å². The number of halogens is 2. The van der Waals surface area contributed by atoms with E-state index in [1.807, 2.05) is 0 Å². The van der Waals surface area contributed by atoms with Crippen LogP contribution in [-0.4, -0.2) is 53.2 Å². The van der Waals surface area contributed by atoms with Crippen molar-refractivity contribution in [3.63, 3.8) is 0 Å². The molecule has 0 heterocycles. The van der Waals surface area contributed by atoms with Crippen LogP contribution in [0.4, 0.5) is 8.78 Å². The molecule has 0 saturated heterocycles. The molecule has 2 N–H and O–H groups in total. The van der Waals surface area contributed by atoms with Crippen LogP contribution in [0.3, 0.4) is 0 Å². The summed E-state index contributed by atoms with van der Waals surface area (Å²) in [4.78, 5) is 11.9. The van der Waals surface area contributed by atoms with Gasteiger partial charge in [0.05, 0.1) is 13.2 Å². The van der Waals surface area contributed by atoms with Gasteiger partial charge in [-0.2, -0.15) is 0 Å². The summed E-state index contributed by atoms with van der Waals surface area (Å²) >= 11 is 0. The molecule has 0 aliphatic heterocycles. The Morgan fingerprint density at radius 2 is 2.07 bits per heavy atom. The second kappa shape index (κ2) is 7.53. The lowest BCUT2D eigenvalue weighted by molar-refractivity contribution is -0.144. The molecule has 0 spiro atoms. The molecule has 0 amide bonds. The number of carboxylic acid groups (broad SMARTS) is 1. The van der Waals surface area contributed by atoms with Crippen LogP contribution >= 0.6 is 0 Å². The Labute approximate surface area is 87.5 Å². The molecule has 1 unspecified atom stereocenters. The normalized spacial score (nSPS) is 13.5. The van der Waals surface area contributed by atoms with E-state index in [0.29, 0.717) is 12.8 Å². The number of hydrogen-bond donors (Lipinski definition) is 2. The molecule has 0 bridgehead atoms. The molecule has 0 saturated carbocycles. The van der Waals surface area contributed by atoms with E-state index in [-0.39, 0.29) is 13.2 Å². The first kappa shape index (κ1) is 14.2. The van der Waals surface area contributed by atoms with E-state index in [2.05, 4.69) is 0 Å². The highest BCUT2D eigenvalue weighted by atomic mass is 19.3. The number of hydrogen-bond acceptors (Lipinski definition) is 3. The monoisotopic (exact) mass is 225 g/mol. The number of nitrogens with zero attached hydrogens (tertiary/aromatic N) is 1. The van der Waals surface area contributed by atoms with Crippen LogP contribution in [-0.2, 0) is 4.79 Å². The van der Waals surface area contributed by atoms with Crippen LogP contribution in [0.15, 0.2) is 0 Å². The van der Waals surface area contributed by atoms with Gasteiger partial charge in [0.25, 0.3) is 6.43 Å². The first-order chi connectivity index (χ1) is 7.02. The second-order valence-corrected chi connectivity index (χ2v) is 3.25. The molecule has 90 valence electrons. The van der Waals surface area contributed by atoms with Crippen molar-refractivity contribution in [2.24, 2.45) is 0 Å². The van der Waals surface area contributed by atoms with Gasteiger partial charge in [-0.25, -0.2) is 8.78 Å². The number of aliphatic hydroxyl groups is 1. The van der Waals surface area contributed by atoms with Gasteiger partial charge in [0.1, 0.15) is 6.04 Å². The highest BCUT2D eigenvalue weighted by Crippen LogP contribution is 2.09. The molecule has 0 aromatic rings. The van der Waals surface area contributed by atoms with Gasteiger partial charge in [0.2, 0.25) is 0 Å². The maximum Gasteiger partial charge on any atom is 0.320 e. The fraction of sp³-hybridized carbons (Fsp3) is 0.889. The van der Waals surface area contributed by atoms with Crippen molar-refractivity contribution in [3.05, 3.63) is 0 Å². The van der Waals surface area contributed by atoms with Gasteiger partial charge >= 0.3 is 5.97 Å². The maximum atomic E-state index is 12.2. The molecular weight excluding hydrogens is 208 g/mol. The summed E-state index contributed by atoms with van der Waals surface area (Å²) in [7, 11) is 0. The van der Waals surface area contributed by atoms with Crippen molar-refractivity contribution in [2.75, 3.05) is 19.7 Å². The lowest BCUT2D eigenvalue weighted by Gasteiger charge is -2.27. The summed E-state index contributed by atoms with van der Waals surface area (Å²) in [6.07, 6.45) is -1.68. The highest BCUT2D eigenvalue weighted by Gasteiger charge is 2.26. The Morgan fingerprint density at radius 1 is 1.47 bits per heavy atom. The summed E-state index contributed by atoms with van der Waals surface area (Å²) in [6.45, 7) is 0.814. The molecule has 0 aromatic carbocycles. The third kappa shape index (κ3) is 5.64. The molecule has 1 atom stereocenters. The SMILES string of the molecule is CCCC(C(=O)O)N(CCO)CC(F)F. The minimum atomic E-state index is -2.59. The van der Waals surface area contributed by atoms with E-state index in [9.17, 15) is 13.6 Å². The van der Waals surface area contributed by atoms with Gasteiger partial charge in [0, 0.05) is 6.54 Å². The van der Waals surface area contributed by atoms with Gasteiger partial charge < -0.3 is 10.2 Å². The van der Waals surface area contributed by atoms with Crippen molar-refractivity contribution < 1.29 is 23.8 Å². The van der Waals surface area contributed by atoms with E-state index in [1.165, 1.54) is 0 Å². The fourth-order valence-electron chi connectivity index (χ4n) is 1.42. The first-order valence-corrected chi connectivity index (χ1v) is 4.88. The molecule has 0 rings (SSSR count). The largest absolute Gasteiger partial charge is 0.480 e. The zero-order valence-electron chi connectivity index (χ0n) is 8.70. The zero-order valence-corrected chi connectivity index (χ0v) is 8.70. The summed E-state index contributed by atoms with van der Waals surface area (Å²) in [5, 5.41) is 17.5. The van der Waals surface area contributed by atoms with E-state index in [1.54, 1.807) is 6.92 Å². The van der Waals surface area contributed by atoms with Crippen LogP contribution in [0.25, 0.3) is 0 Å². The predicted octanol–water partition coefficient (Wildman–Crippen LogP) is 0.799. The van der Waals surface area contributed by atoms with Gasteiger partial charge in [-0.1, -0.05) is 13.3 Å². The van der Waals surface area contributed by atoms with Gasteiger partial charge in [0.15, 0.2) is 0 Å². The lowest BCUT2D eigenvalue weighted by atomic mass is 10.1. The quantitative estimate of drug-likeness (QED) is 0.641. The van der Waals surface area contributed by atoms with Crippen LogP contribution < -0.4 is 0 Å². The van der Waals surface area contributed by atoms with Crippen molar-refractivity contribution in [1.82, 2.24) is 4.90 Å². The minimum absolute atomic E-state index is 0.0404. The fourth-order valence-corrected chi connectivity index (χ4v) is 1.42. The van der Waals surface area contributed by atoms with Crippen LogP contribution in [0.1, 0.15) is 19.8 Å². The summed E-state index contributed by atoms with van der Waals surface area (Å²) in [5.74, 6) is -1.12. The minimum Gasteiger partial charge on any atom is -0.480 e. The predicted molar refractivity (Wildman–Crippen MR) is 51.0 cm³/mol. The number of carboxylic acids is 1. The Hall–Kier alpha value is -0.750. The summed E-state index contributed by atoms with van der Waals surface area (Å²) in [6, 6.07) is -0.934. The Balaban J connectivity index is 4.43. The van der Waals surface area contributed by atoms with E-state index < -0.39 is 25.0 Å². The van der Waals surface area contributed by atoms with Crippen molar-refractivity contribution in [3.8, 4) is 0 Å². The van der Waals surface area contributed by atoms with Crippen molar-refractivity contribution >= 4 is 5.97 Å². The number of rotatable bonds is 8. The molecular formula is C9H17F2NO3. The van der Waals surface area contributed by atoms with Gasteiger partial charge in [-0.15, -0.1) is 0 Å². The number of alkyl halides is 2. The van der Waals surface area contributed by atoms with Crippen molar-refractivity contribution in [2.45, 2.75) is 32.2 Å². The van der Waals surface area contributed by atoms with Crippen molar-refractivity contribution in [1.29, 1.82) is 0 Å². The van der Waals surface area contributed by atoms with Crippen LogP contribution in [0.5, 0.6) is 0 Å². The molecule has 0 radical (unpaired) electrons. The molecule has 4 nitrogen and oxygen atoms in total. The van der Waals surface area contributed by atoms with E-state index in [0.717, 1.165) is 4.90 Å².